The minimum absolute atomic E-state index is 0.235. The van der Waals surface area contributed by atoms with Crippen LogP contribution in [0.4, 0.5) is 14.5 Å². The molecular weight excluding hydrogens is 248 g/mol. The van der Waals surface area contributed by atoms with Crippen LogP contribution in [0.2, 0.25) is 0 Å². The zero-order valence-corrected chi connectivity index (χ0v) is 10.4. The monoisotopic (exact) mass is 261 g/mol. The van der Waals surface area contributed by atoms with E-state index in [9.17, 15) is 8.78 Å². The third kappa shape index (κ3) is 2.26. The number of rotatable bonds is 1. The van der Waals surface area contributed by atoms with Crippen molar-refractivity contribution in [2.24, 2.45) is 0 Å². The van der Waals surface area contributed by atoms with Crippen molar-refractivity contribution >= 4 is 5.69 Å². The van der Waals surface area contributed by atoms with Crippen LogP contribution in [0.25, 0.3) is 0 Å². The summed E-state index contributed by atoms with van der Waals surface area (Å²) in [7, 11) is 0. The molecule has 0 radical (unpaired) electrons. The number of anilines is 1. The van der Waals surface area contributed by atoms with Gasteiger partial charge in [0.25, 0.3) is 0 Å². The summed E-state index contributed by atoms with van der Waals surface area (Å²) >= 11 is 0. The van der Waals surface area contributed by atoms with E-state index in [1.165, 1.54) is 6.07 Å². The molecule has 3 rings (SSSR count). The Bertz CT molecular complexity index is 628. The molecule has 1 heterocycles. The number of nitrogens with one attached hydrogen (secondary N) is 1. The van der Waals surface area contributed by atoms with Gasteiger partial charge >= 0.3 is 0 Å². The van der Waals surface area contributed by atoms with Gasteiger partial charge in [-0.15, -0.1) is 0 Å². The van der Waals surface area contributed by atoms with Crippen LogP contribution in [-0.4, -0.2) is 6.54 Å². The van der Waals surface area contributed by atoms with Gasteiger partial charge < -0.3 is 10.1 Å². The maximum absolute atomic E-state index is 13.7. The summed E-state index contributed by atoms with van der Waals surface area (Å²) in [5.74, 6) is -0.260. The van der Waals surface area contributed by atoms with E-state index in [2.05, 4.69) is 5.32 Å². The minimum atomic E-state index is -0.522. The maximum Gasteiger partial charge on any atom is 0.144 e. The average molecular weight is 261 g/mol. The quantitative estimate of drug-likeness (QED) is 0.842. The normalized spacial score (nSPS) is 17.3. The van der Waals surface area contributed by atoms with Crippen molar-refractivity contribution in [3.63, 3.8) is 0 Å². The predicted octanol–water partition coefficient (Wildman–Crippen LogP) is 3.82. The van der Waals surface area contributed by atoms with Crippen LogP contribution in [0, 0.1) is 18.6 Å². The highest BCUT2D eigenvalue weighted by atomic mass is 19.1. The van der Waals surface area contributed by atoms with E-state index in [0.29, 0.717) is 12.3 Å². The SMILES string of the molecule is Cc1ccc2c(c1)NCC(c1cc(F)ccc1F)O2. The number of aryl methyl sites for hydroxylation is 1. The largest absolute Gasteiger partial charge is 0.482 e. The number of halogens is 2. The van der Waals surface area contributed by atoms with Crippen LogP contribution in [-0.2, 0) is 0 Å². The molecular formula is C15H13F2NO. The highest BCUT2D eigenvalue weighted by Gasteiger charge is 2.23. The molecule has 0 bridgehead atoms. The lowest BCUT2D eigenvalue weighted by Gasteiger charge is -2.28. The lowest BCUT2D eigenvalue weighted by Crippen LogP contribution is -2.24. The molecule has 0 amide bonds. The summed E-state index contributed by atoms with van der Waals surface area (Å²) in [5.41, 5.74) is 2.23. The minimum Gasteiger partial charge on any atom is -0.482 e. The molecule has 0 saturated carbocycles. The fourth-order valence-electron chi connectivity index (χ4n) is 2.22. The summed E-state index contributed by atoms with van der Waals surface area (Å²) in [6.45, 7) is 2.40. The van der Waals surface area contributed by atoms with Crippen LogP contribution in [0.1, 0.15) is 17.2 Å². The topological polar surface area (TPSA) is 21.3 Å². The Kier molecular flexibility index (Phi) is 2.85. The molecule has 0 aromatic heterocycles. The Hall–Kier alpha value is -2.10. The number of fused-ring (bicyclic) bond motifs is 1. The number of hydrogen-bond acceptors (Lipinski definition) is 2. The lowest BCUT2D eigenvalue weighted by molar-refractivity contribution is 0.205. The predicted molar refractivity (Wildman–Crippen MR) is 69.4 cm³/mol. The molecule has 1 aliphatic rings. The first-order valence-electron chi connectivity index (χ1n) is 6.09. The van der Waals surface area contributed by atoms with Gasteiger partial charge in [-0.1, -0.05) is 6.07 Å². The second-order valence-electron chi connectivity index (χ2n) is 4.65. The Balaban J connectivity index is 1.93. The van der Waals surface area contributed by atoms with E-state index >= 15 is 0 Å². The first kappa shape index (κ1) is 12.0. The molecule has 19 heavy (non-hydrogen) atoms. The second-order valence-corrected chi connectivity index (χ2v) is 4.65. The molecule has 1 N–H and O–H groups in total. The molecule has 2 nitrogen and oxygen atoms in total. The summed E-state index contributed by atoms with van der Waals surface area (Å²) in [6, 6.07) is 9.13. The second kappa shape index (κ2) is 4.53. The molecule has 1 unspecified atom stereocenters. The van der Waals surface area contributed by atoms with Gasteiger partial charge in [0.05, 0.1) is 12.2 Å². The van der Waals surface area contributed by atoms with E-state index in [4.69, 9.17) is 4.74 Å². The molecule has 4 heteroatoms. The maximum atomic E-state index is 13.7. The fourth-order valence-corrected chi connectivity index (χ4v) is 2.22. The van der Waals surface area contributed by atoms with E-state index < -0.39 is 17.7 Å². The van der Waals surface area contributed by atoms with Crippen LogP contribution in [0.15, 0.2) is 36.4 Å². The smallest absolute Gasteiger partial charge is 0.144 e. The molecule has 0 aliphatic carbocycles. The van der Waals surface area contributed by atoms with Crippen LogP contribution < -0.4 is 10.1 Å². The number of hydrogen-bond donors (Lipinski definition) is 1. The van der Waals surface area contributed by atoms with Crippen molar-refractivity contribution in [2.75, 3.05) is 11.9 Å². The zero-order chi connectivity index (χ0) is 13.4. The van der Waals surface area contributed by atoms with Crippen molar-refractivity contribution in [3.05, 3.63) is 59.2 Å². The molecule has 98 valence electrons. The summed E-state index contributed by atoms with van der Waals surface area (Å²) < 4.78 is 32.7. The molecule has 1 atom stereocenters. The first-order chi connectivity index (χ1) is 9.13. The van der Waals surface area contributed by atoms with E-state index in [0.717, 1.165) is 23.4 Å². The van der Waals surface area contributed by atoms with Gasteiger partial charge in [-0.25, -0.2) is 8.78 Å². The lowest BCUT2D eigenvalue weighted by atomic mass is 10.1. The molecule has 0 spiro atoms. The summed E-state index contributed by atoms with van der Waals surface area (Å²) in [6.07, 6.45) is -0.522. The Morgan fingerprint density at radius 1 is 1.16 bits per heavy atom. The van der Waals surface area contributed by atoms with Crippen molar-refractivity contribution in [2.45, 2.75) is 13.0 Å². The van der Waals surface area contributed by atoms with E-state index in [1.54, 1.807) is 0 Å². The van der Waals surface area contributed by atoms with Crippen LogP contribution >= 0.6 is 0 Å². The Morgan fingerprint density at radius 3 is 2.84 bits per heavy atom. The highest BCUT2D eigenvalue weighted by molar-refractivity contribution is 5.59. The third-order valence-electron chi connectivity index (χ3n) is 3.19. The standard InChI is InChI=1S/C15H13F2NO/c1-9-2-5-14-13(6-9)18-8-15(19-14)11-7-10(16)3-4-12(11)17/h2-7,15,18H,8H2,1H3. The number of ether oxygens (including phenoxy) is 1. The van der Waals surface area contributed by atoms with Gasteiger partial charge in [0.2, 0.25) is 0 Å². The number of benzene rings is 2. The zero-order valence-electron chi connectivity index (χ0n) is 10.4. The molecule has 0 saturated heterocycles. The molecule has 2 aromatic rings. The average Bonchev–Trinajstić information content (AvgIpc) is 2.41. The van der Waals surface area contributed by atoms with Crippen molar-refractivity contribution < 1.29 is 13.5 Å². The van der Waals surface area contributed by atoms with E-state index in [1.807, 2.05) is 25.1 Å². The molecule has 2 aromatic carbocycles. The van der Waals surface area contributed by atoms with Crippen molar-refractivity contribution in [3.8, 4) is 5.75 Å². The van der Waals surface area contributed by atoms with Gasteiger partial charge in [-0.2, -0.15) is 0 Å². The highest BCUT2D eigenvalue weighted by Crippen LogP contribution is 2.35. The van der Waals surface area contributed by atoms with Gasteiger partial charge in [0.15, 0.2) is 0 Å². The Morgan fingerprint density at radius 2 is 2.00 bits per heavy atom. The summed E-state index contributed by atoms with van der Waals surface area (Å²) in [4.78, 5) is 0. The summed E-state index contributed by atoms with van der Waals surface area (Å²) in [5, 5.41) is 3.18. The van der Waals surface area contributed by atoms with Crippen molar-refractivity contribution in [1.82, 2.24) is 0 Å². The Labute approximate surface area is 110 Å². The van der Waals surface area contributed by atoms with Gasteiger partial charge in [-0.05, 0) is 42.8 Å². The van der Waals surface area contributed by atoms with Gasteiger partial charge in [0, 0.05) is 5.56 Å². The molecule has 0 fully saturated rings. The van der Waals surface area contributed by atoms with Crippen LogP contribution in [0.5, 0.6) is 5.75 Å². The van der Waals surface area contributed by atoms with E-state index in [-0.39, 0.29) is 5.56 Å². The molecule has 1 aliphatic heterocycles. The third-order valence-corrected chi connectivity index (χ3v) is 3.19. The first-order valence-corrected chi connectivity index (χ1v) is 6.09. The van der Waals surface area contributed by atoms with Gasteiger partial charge in [0.1, 0.15) is 23.5 Å². The van der Waals surface area contributed by atoms with Crippen LogP contribution in [0.3, 0.4) is 0 Å². The van der Waals surface area contributed by atoms with Crippen molar-refractivity contribution in [1.29, 1.82) is 0 Å². The fraction of sp³-hybridized carbons (Fsp3) is 0.200. The van der Waals surface area contributed by atoms with Gasteiger partial charge in [-0.3, -0.25) is 0 Å².